The molecule has 0 aliphatic carbocycles. The molecule has 1 aromatic heterocycles. The van der Waals surface area contributed by atoms with Crippen molar-refractivity contribution in [1.82, 2.24) is 4.98 Å². The number of nitrogens with zero attached hydrogens (tertiary/aromatic N) is 1. The molecule has 1 aliphatic rings. The van der Waals surface area contributed by atoms with Gasteiger partial charge in [-0.1, -0.05) is 11.6 Å². The predicted octanol–water partition coefficient (Wildman–Crippen LogP) is 3.01. The van der Waals surface area contributed by atoms with E-state index in [0.717, 1.165) is 25.4 Å². The van der Waals surface area contributed by atoms with E-state index in [1.807, 2.05) is 0 Å². The van der Waals surface area contributed by atoms with Gasteiger partial charge in [0.15, 0.2) is 3.92 Å². The van der Waals surface area contributed by atoms with Crippen LogP contribution in [0.5, 0.6) is 5.75 Å². The molecule has 0 fully saturated rings. The van der Waals surface area contributed by atoms with Crippen LogP contribution in [0.3, 0.4) is 0 Å². The van der Waals surface area contributed by atoms with Crippen LogP contribution in [0.4, 0.5) is 0 Å². The first-order valence-electron chi connectivity index (χ1n) is 4.74. The van der Waals surface area contributed by atoms with E-state index < -0.39 is 0 Å². The first-order valence-corrected chi connectivity index (χ1v) is 6.72. The van der Waals surface area contributed by atoms with Crippen LogP contribution >= 0.6 is 38.9 Å². The average Bonchev–Trinajstić information content (AvgIpc) is 2.80. The van der Waals surface area contributed by atoms with Crippen LogP contribution in [-0.4, -0.2) is 22.8 Å². The molecule has 1 N–H and O–H groups in total. The van der Waals surface area contributed by atoms with E-state index in [9.17, 15) is 0 Å². The van der Waals surface area contributed by atoms with Crippen LogP contribution in [0.25, 0.3) is 10.2 Å². The Morgan fingerprint density at radius 1 is 1.69 bits per heavy atom. The third-order valence-corrected chi connectivity index (χ3v) is 4.44. The molecule has 0 radical (unpaired) electrons. The smallest absolute Gasteiger partial charge is 0.160 e. The zero-order valence-corrected chi connectivity index (χ0v) is 11.2. The van der Waals surface area contributed by atoms with Gasteiger partial charge in [-0.15, -0.1) is 11.3 Å². The third kappa shape index (κ3) is 1.54. The second kappa shape index (κ2) is 3.84. The molecular formula is C10H7BrClNO2S. The molecule has 0 bridgehead atoms. The molecule has 16 heavy (non-hydrogen) atoms. The van der Waals surface area contributed by atoms with Crippen molar-refractivity contribution in [1.29, 1.82) is 0 Å². The second-order valence-corrected chi connectivity index (χ2v) is 6.29. The first kappa shape index (κ1) is 10.8. The average molecular weight is 321 g/mol. The van der Waals surface area contributed by atoms with Gasteiger partial charge in [0.1, 0.15) is 17.4 Å². The Balaban J connectivity index is 2.25. The van der Waals surface area contributed by atoms with Gasteiger partial charge in [-0.25, -0.2) is 4.98 Å². The van der Waals surface area contributed by atoms with Crippen molar-refractivity contribution in [3.05, 3.63) is 20.6 Å². The minimum atomic E-state index is -0.155. The van der Waals surface area contributed by atoms with E-state index >= 15 is 0 Å². The molecule has 84 valence electrons. The number of aromatic nitrogens is 1. The molecule has 3 rings (SSSR count). The van der Waals surface area contributed by atoms with Gasteiger partial charge in [0.05, 0.1) is 16.3 Å². The van der Waals surface area contributed by atoms with Gasteiger partial charge < -0.3 is 9.84 Å². The van der Waals surface area contributed by atoms with Crippen LogP contribution in [0.2, 0.25) is 5.02 Å². The fraction of sp³-hybridized carbons (Fsp3) is 0.300. The normalized spacial score (nSPS) is 18.8. The first-order chi connectivity index (χ1) is 7.69. The molecule has 2 heterocycles. The summed E-state index contributed by atoms with van der Waals surface area (Å²) in [7, 11) is 0. The molecule has 1 aromatic carbocycles. The molecule has 3 nitrogen and oxygen atoms in total. The lowest BCUT2D eigenvalue weighted by Gasteiger charge is -2.05. The van der Waals surface area contributed by atoms with Crippen molar-refractivity contribution in [2.75, 3.05) is 6.61 Å². The number of hydrogen-bond donors (Lipinski definition) is 1. The van der Waals surface area contributed by atoms with Gasteiger partial charge in [0.2, 0.25) is 0 Å². The summed E-state index contributed by atoms with van der Waals surface area (Å²) in [5, 5.41) is 9.70. The molecule has 0 saturated carbocycles. The fourth-order valence-electron chi connectivity index (χ4n) is 1.89. The van der Waals surface area contributed by atoms with Gasteiger partial charge >= 0.3 is 0 Å². The second-order valence-electron chi connectivity index (χ2n) is 3.61. The standard InChI is InChI=1S/C10H7BrClNO2S/c11-10-13-8-6(12)2-7-5(9(8)16-10)1-4(3-14)15-7/h2,4,14H,1,3H2. The Morgan fingerprint density at radius 3 is 3.25 bits per heavy atom. The van der Waals surface area contributed by atoms with E-state index in [-0.39, 0.29) is 12.7 Å². The van der Waals surface area contributed by atoms with Gasteiger partial charge in [0, 0.05) is 18.1 Å². The van der Waals surface area contributed by atoms with Crippen LogP contribution < -0.4 is 4.74 Å². The molecule has 1 unspecified atom stereocenters. The summed E-state index contributed by atoms with van der Waals surface area (Å²) >= 11 is 11.0. The highest BCUT2D eigenvalue weighted by atomic mass is 79.9. The lowest BCUT2D eigenvalue weighted by molar-refractivity contribution is 0.134. The van der Waals surface area contributed by atoms with Gasteiger partial charge in [-0.2, -0.15) is 0 Å². The Hall–Kier alpha value is -0.360. The molecule has 1 atom stereocenters. The Kier molecular flexibility index (Phi) is 2.58. The third-order valence-electron chi connectivity index (χ3n) is 2.59. The number of aliphatic hydroxyl groups is 1. The van der Waals surface area contributed by atoms with E-state index in [1.54, 1.807) is 17.4 Å². The summed E-state index contributed by atoms with van der Waals surface area (Å²) in [5.41, 5.74) is 1.90. The summed E-state index contributed by atoms with van der Waals surface area (Å²) in [6, 6.07) is 1.78. The SMILES string of the molecule is OCC1Cc2c(cc(Cl)c3nc(Br)sc23)O1. The summed E-state index contributed by atoms with van der Waals surface area (Å²) < 4.78 is 7.44. The van der Waals surface area contributed by atoms with E-state index in [1.165, 1.54) is 0 Å². The summed E-state index contributed by atoms with van der Waals surface area (Å²) in [6.07, 6.45) is 0.561. The highest BCUT2D eigenvalue weighted by molar-refractivity contribution is 9.11. The van der Waals surface area contributed by atoms with Crippen LogP contribution in [0, 0.1) is 0 Å². The van der Waals surface area contributed by atoms with Crippen molar-refractivity contribution in [2.45, 2.75) is 12.5 Å². The topological polar surface area (TPSA) is 42.4 Å². The highest BCUT2D eigenvalue weighted by Crippen LogP contribution is 2.42. The van der Waals surface area contributed by atoms with Gasteiger partial charge in [0.25, 0.3) is 0 Å². The number of thiazole rings is 1. The Bertz CT molecular complexity index is 571. The zero-order chi connectivity index (χ0) is 11.3. The number of aliphatic hydroxyl groups excluding tert-OH is 1. The molecule has 1 aliphatic heterocycles. The number of halogens is 2. The lowest BCUT2D eigenvalue weighted by Crippen LogP contribution is -2.17. The maximum atomic E-state index is 9.11. The van der Waals surface area contributed by atoms with Crippen molar-refractivity contribution >= 4 is 49.1 Å². The van der Waals surface area contributed by atoms with Crippen molar-refractivity contribution in [3.8, 4) is 5.75 Å². The summed E-state index contributed by atoms with van der Waals surface area (Å²) in [4.78, 5) is 4.33. The highest BCUT2D eigenvalue weighted by Gasteiger charge is 2.27. The number of hydrogen-bond acceptors (Lipinski definition) is 4. The van der Waals surface area contributed by atoms with Gasteiger partial charge in [-0.05, 0) is 15.9 Å². The maximum Gasteiger partial charge on any atom is 0.160 e. The van der Waals surface area contributed by atoms with Gasteiger partial charge in [-0.3, -0.25) is 0 Å². The zero-order valence-electron chi connectivity index (χ0n) is 8.04. The van der Waals surface area contributed by atoms with Crippen molar-refractivity contribution < 1.29 is 9.84 Å². The van der Waals surface area contributed by atoms with Crippen molar-refractivity contribution in [3.63, 3.8) is 0 Å². The van der Waals surface area contributed by atoms with E-state index in [4.69, 9.17) is 21.4 Å². The molecule has 6 heteroatoms. The molecule has 0 spiro atoms. The van der Waals surface area contributed by atoms with Crippen molar-refractivity contribution in [2.24, 2.45) is 0 Å². The minimum Gasteiger partial charge on any atom is -0.487 e. The summed E-state index contributed by atoms with van der Waals surface area (Å²) in [6.45, 7) is 0.0216. The van der Waals surface area contributed by atoms with E-state index in [2.05, 4.69) is 20.9 Å². The predicted molar refractivity (Wildman–Crippen MR) is 67.5 cm³/mol. The number of fused-ring (bicyclic) bond motifs is 3. The monoisotopic (exact) mass is 319 g/mol. The Labute approximate surface area is 109 Å². The molecule has 2 aromatic rings. The summed E-state index contributed by atoms with van der Waals surface area (Å²) in [5.74, 6) is 0.771. The van der Waals surface area contributed by atoms with Crippen LogP contribution in [0.15, 0.2) is 9.98 Å². The van der Waals surface area contributed by atoms with Crippen LogP contribution in [0.1, 0.15) is 5.56 Å². The molecule has 0 saturated heterocycles. The number of benzene rings is 1. The Morgan fingerprint density at radius 2 is 2.50 bits per heavy atom. The number of ether oxygens (including phenoxy) is 1. The molecular weight excluding hydrogens is 314 g/mol. The lowest BCUT2D eigenvalue weighted by atomic mass is 10.1. The quantitative estimate of drug-likeness (QED) is 0.878. The van der Waals surface area contributed by atoms with Crippen LogP contribution in [-0.2, 0) is 6.42 Å². The fourth-order valence-corrected chi connectivity index (χ4v) is 3.71. The largest absolute Gasteiger partial charge is 0.487 e. The minimum absolute atomic E-state index is 0.0216. The molecule has 0 amide bonds. The van der Waals surface area contributed by atoms with E-state index in [0.29, 0.717) is 11.4 Å². The maximum absolute atomic E-state index is 9.11. The number of rotatable bonds is 1.